The number of aryl methyl sites for hydroxylation is 1. The summed E-state index contributed by atoms with van der Waals surface area (Å²) >= 11 is 0. The van der Waals surface area contributed by atoms with Gasteiger partial charge in [-0.2, -0.15) is 0 Å². The van der Waals surface area contributed by atoms with Crippen LogP contribution in [0.2, 0.25) is 0 Å². The summed E-state index contributed by atoms with van der Waals surface area (Å²) in [5.74, 6) is 1.70. The van der Waals surface area contributed by atoms with E-state index in [9.17, 15) is 4.79 Å². The van der Waals surface area contributed by atoms with Crippen LogP contribution in [0.15, 0.2) is 42.5 Å². The Bertz CT molecular complexity index is 850. The first-order valence-corrected chi connectivity index (χ1v) is 10.2. The fraction of sp³-hybridized carbons (Fsp3) is 0.435. The van der Waals surface area contributed by atoms with Gasteiger partial charge in [-0.15, -0.1) is 12.4 Å². The number of carbonyl (C=O) groups is 1. The summed E-state index contributed by atoms with van der Waals surface area (Å²) in [6.45, 7) is 0.945. The number of nitrogens with two attached hydrogens (primary N) is 1. The summed E-state index contributed by atoms with van der Waals surface area (Å²) in [6, 6.07) is 14.0. The van der Waals surface area contributed by atoms with Crippen molar-refractivity contribution >= 4 is 24.0 Å². The molecular weight excluding hydrogens is 388 g/mol. The Morgan fingerprint density at radius 1 is 1.03 bits per heavy atom. The number of para-hydroxylation sites is 1. The third kappa shape index (κ3) is 4.78. The summed E-state index contributed by atoms with van der Waals surface area (Å²) in [7, 11) is 0. The number of rotatable bonds is 6. The molecule has 0 aromatic heterocycles. The lowest BCUT2D eigenvalue weighted by molar-refractivity contribution is -0.121. The minimum Gasteiger partial charge on any atom is -0.454 e. The highest BCUT2D eigenvalue weighted by Gasteiger charge is 2.35. The van der Waals surface area contributed by atoms with E-state index >= 15 is 0 Å². The second kappa shape index (κ2) is 9.40. The van der Waals surface area contributed by atoms with Gasteiger partial charge in [0, 0.05) is 24.1 Å². The van der Waals surface area contributed by atoms with Gasteiger partial charge < -0.3 is 20.5 Å². The second-order valence-electron chi connectivity index (χ2n) is 7.88. The SMILES string of the molecule is Cl.Nc1ccccc1CCC(=O)NCC1(c2ccc3c(c2)OCO3)CCCCC1. The second-order valence-corrected chi connectivity index (χ2v) is 7.88. The first-order valence-electron chi connectivity index (χ1n) is 10.2. The van der Waals surface area contributed by atoms with Crippen LogP contribution in [-0.2, 0) is 16.6 Å². The van der Waals surface area contributed by atoms with Crippen molar-refractivity contribution in [3.63, 3.8) is 0 Å². The minimum absolute atomic E-state index is 0. The van der Waals surface area contributed by atoms with E-state index in [0.717, 1.165) is 35.6 Å². The Hall–Kier alpha value is -2.40. The first kappa shape index (κ1) is 21.3. The number of anilines is 1. The topological polar surface area (TPSA) is 73.6 Å². The van der Waals surface area contributed by atoms with Crippen LogP contribution in [0.4, 0.5) is 5.69 Å². The third-order valence-corrected chi connectivity index (χ3v) is 6.10. The highest BCUT2D eigenvalue weighted by atomic mass is 35.5. The standard InChI is InChI=1S/C23H28N2O3.ClH/c24-19-7-3-2-6-17(19)8-11-22(26)25-15-23(12-4-1-5-13-23)18-9-10-20-21(14-18)28-16-27-20;/h2-3,6-7,9-10,14H,1,4-5,8,11-13,15-16,24H2,(H,25,26);1H. The van der Waals surface area contributed by atoms with Gasteiger partial charge in [0.1, 0.15) is 0 Å². The smallest absolute Gasteiger partial charge is 0.231 e. The highest BCUT2D eigenvalue weighted by Crippen LogP contribution is 2.43. The molecule has 3 N–H and O–H groups in total. The molecule has 1 saturated carbocycles. The molecule has 0 atom stereocenters. The van der Waals surface area contributed by atoms with Crippen molar-refractivity contribution in [2.24, 2.45) is 0 Å². The van der Waals surface area contributed by atoms with Crippen LogP contribution < -0.4 is 20.5 Å². The van der Waals surface area contributed by atoms with Crippen LogP contribution in [0.25, 0.3) is 0 Å². The van der Waals surface area contributed by atoms with Crippen LogP contribution >= 0.6 is 12.4 Å². The molecule has 2 aromatic carbocycles. The molecule has 2 aliphatic rings. The zero-order valence-electron chi connectivity index (χ0n) is 16.6. The van der Waals surface area contributed by atoms with Gasteiger partial charge in [-0.05, 0) is 48.6 Å². The Labute approximate surface area is 178 Å². The zero-order chi connectivity index (χ0) is 19.4. The van der Waals surface area contributed by atoms with Gasteiger partial charge in [0.25, 0.3) is 0 Å². The Morgan fingerprint density at radius 2 is 1.79 bits per heavy atom. The number of halogens is 1. The van der Waals surface area contributed by atoms with Crippen molar-refractivity contribution in [1.82, 2.24) is 5.32 Å². The minimum atomic E-state index is -0.0271. The number of hydrogen-bond acceptors (Lipinski definition) is 4. The van der Waals surface area contributed by atoms with Gasteiger partial charge in [0.15, 0.2) is 11.5 Å². The predicted molar refractivity (Wildman–Crippen MR) is 117 cm³/mol. The molecule has 156 valence electrons. The van der Waals surface area contributed by atoms with Crippen molar-refractivity contribution in [2.75, 3.05) is 19.1 Å². The van der Waals surface area contributed by atoms with Gasteiger partial charge in [-0.1, -0.05) is 43.5 Å². The van der Waals surface area contributed by atoms with Gasteiger partial charge in [-0.25, -0.2) is 0 Å². The molecule has 1 aliphatic carbocycles. The molecule has 2 aromatic rings. The fourth-order valence-corrected chi connectivity index (χ4v) is 4.39. The monoisotopic (exact) mass is 416 g/mol. The summed E-state index contributed by atoms with van der Waals surface area (Å²) < 4.78 is 11.0. The largest absolute Gasteiger partial charge is 0.454 e. The first-order chi connectivity index (χ1) is 13.7. The molecule has 0 radical (unpaired) electrons. The Kier molecular flexibility index (Phi) is 6.91. The molecule has 0 bridgehead atoms. The number of ether oxygens (including phenoxy) is 2. The summed E-state index contributed by atoms with van der Waals surface area (Å²) in [5, 5.41) is 3.20. The quantitative estimate of drug-likeness (QED) is 0.686. The maximum Gasteiger partial charge on any atom is 0.231 e. The molecule has 5 nitrogen and oxygen atoms in total. The molecule has 29 heavy (non-hydrogen) atoms. The van der Waals surface area contributed by atoms with E-state index in [1.54, 1.807) is 0 Å². The number of nitrogen functional groups attached to an aromatic ring is 1. The Balaban J connectivity index is 0.00000240. The zero-order valence-corrected chi connectivity index (χ0v) is 17.4. The van der Waals surface area contributed by atoms with Crippen molar-refractivity contribution in [2.45, 2.75) is 50.4 Å². The molecule has 0 unspecified atom stereocenters. The average Bonchev–Trinajstić information content (AvgIpc) is 3.20. The van der Waals surface area contributed by atoms with Gasteiger partial charge in [0.05, 0.1) is 0 Å². The number of benzene rings is 2. The molecule has 0 spiro atoms. The molecule has 1 amide bonds. The van der Waals surface area contributed by atoms with Crippen molar-refractivity contribution in [1.29, 1.82) is 0 Å². The number of hydrogen-bond donors (Lipinski definition) is 2. The summed E-state index contributed by atoms with van der Waals surface area (Å²) in [5.41, 5.74) is 8.98. The van der Waals surface area contributed by atoms with E-state index < -0.39 is 0 Å². The van der Waals surface area contributed by atoms with E-state index in [-0.39, 0.29) is 30.5 Å². The highest BCUT2D eigenvalue weighted by molar-refractivity contribution is 5.85. The third-order valence-electron chi connectivity index (χ3n) is 6.10. The summed E-state index contributed by atoms with van der Waals surface area (Å²) in [4.78, 5) is 12.5. The molecular formula is C23H29ClN2O3. The molecule has 1 fully saturated rings. The number of nitrogens with one attached hydrogen (secondary N) is 1. The fourth-order valence-electron chi connectivity index (χ4n) is 4.39. The van der Waals surface area contributed by atoms with Gasteiger partial charge >= 0.3 is 0 Å². The maximum atomic E-state index is 12.5. The van der Waals surface area contributed by atoms with Gasteiger partial charge in [0.2, 0.25) is 12.7 Å². The number of carbonyl (C=O) groups excluding carboxylic acids is 1. The van der Waals surface area contributed by atoms with E-state index in [2.05, 4.69) is 17.4 Å². The molecule has 4 rings (SSSR count). The van der Waals surface area contributed by atoms with E-state index in [1.165, 1.54) is 24.8 Å². The lowest BCUT2D eigenvalue weighted by Gasteiger charge is -2.38. The molecule has 1 aliphatic heterocycles. The average molecular weight is 417 g/mol. The van der Waals surface area contributed by atoms with Crippen molar-refractivity contribution in [3.8, 4) is 11.5 Å². The van der Waals surface area contributed by atoms with Crippen LogP contribution in [0.5, 0.6) is 11.5 Å². The molecule has 1 heterocycles. The van der Waals surface area contributed by atoms with Crippen LogP contribution in [0.3, 0.4) is 0 Å². The van der Waals surface area contributed by atoms with E-state index in [4.69, 9.17) is 15.2 Å². The number of amides is 1. The van der Waals surface area contributed by atoms with Gasteiger partial charge in [-0.3, -0.25) is 4.79 Å². The van der Waals surface area contributed by atoms with E-state index in [0.29, 0.717) is 19.4 Å². The molecule has 6 heteroatoms. The maximum absolute atomic E-state index is 12.5. The van der Waals surface area contributed by atoms with Crippen molar-refractivity contribution in [3.05, 3.63) is 53.6 Å². The predicted octanol–water partition coefficient (Wildman–Crippen LogP) is 4.37. The normalized spacial score (nSPS) is 16.7. The lowest BCUT2D eigenvalue weighted by Crippen LogP contribution is -2.42. The summed E-state index contributed by atoms with van der Waals surface area (Å²) in [6.07, 6.45) is 6.90. The van der Waals surface area contributed by atoms with E-state index in [1.807, 2.05) is 30.3 Å². The van der Waals surface area contributed by atoms with Crippen LogP contribution in [0.1, 0.15) is 49.7 Å². The Morgan fingerprint density at radius 3 is 2.59 bits per heavy atom. The van der Waals surface area contributed by atoms with Crippen LogP contribution in [-0.4, -0.2) is 19.2 Å². The van der Waals surface area contributed by atoms with Crippen LogP contribution in [0, 0.1) is 0 Å². The molecule has 0 saturated heterocycles. The lowest BCUT2D eigenvalue weighted by atomic mass is 9.69. The number of fused-ring (bicyclic) bond motifs is 1. The van der Waals surface area contributed by atoms with Crippen molar-refractivity contribution < 1.29 is 14.3 Å².